The summed E-state index contributed by atoms with van der Waals surface area (Å²) in [5, 5.41) is 1.89. The first-order valence-corrected chi connectivity index (χ1v) is 14.0. The number of hydrazine groups is 1. The van der Waals surface area contributed by atoms with Crippen LogP contribution in [0.5, 0.6) is 0 Å². The summed E-state index contributed by atoms with van der Waals surface area (Å²) in [5.41, 5.74) is 5.69. The average Bonchev–Trinajstić information content (AvgIpc) is 3.28. The summed E-state index contributed by atoms with van der Waals surface area (Å²) in [6, 6.07) is 20.2. The Balaban J connectivity index is 1.76. The third-order valence-electron chi connectivity index (χ3n) is 6.56. The predicted octanol–water partition coefficient (Wildman–Crippen LogP) is 2.97. The Labute approximate surface area is 205 Å². The highest BCUT2D eigenvalue weighted by Gasteiger charge is 2.50. The van der Waals surface area contributed by atoms with Crippen molar-refractivity contribution in [2.75, 3.05) is 13.2 Å². The molecule has 0 bridgehead atoms. The maximum Gasteiger partial charge on any atom is 0.303 e. The topological polar surface area (TPSA) is 70.7 Å². The van der Waals surface area contributed by atoms with Gasteiger partial charge in [-0.15, -0.1) is 0 Å². The number of likely N-dealkylation sites (tertiary alicyclic amines) is 1. The van der Waals surface area contributed by atoms with E-state index >= 15 is 0 Å². The fourth-order valence-electron chi connectivity index (χ4n) is 4.94. The Morgan fingerprint density at radius 3 is 1.94 bits per heavy atom. The standard InChI is InChI=1S/C27H39N3O3Si/c1-26(2,3)30-19-13-18-24(30)28-29-25(32)23(31)20-33-34(27(4,5)6,21-14-9-7-10-15-21)22-16-11-8-12-17-22/h7-12,14-17,24,28H,13,18-20H2,1-6H3,(H,29,32)/t24-/m1/s1. The molecule has 7 heteroatoms. The summed E-state index contributed by atoms with van der Waals surface area (Å²) in [5.74, 6) is -1.25. The van der Waals surface area contributed by atoms with Crippen molar-refractivity contribution in [1.82, 2.24) is 15.8 Å². The first-order chi connectivity index (χ1) is 16.0. The van der Waals surface area contributed by atoms with Gasteiger partial charge in [-0.1, -0.05) is 81.4 Å². The monoisotopic (exact) mass is 481 g/mol. The normalized spacial score (nSPS) is 17.5. The van der Waals surface area contributed by atoms with Crippen LogP contribution in [0, 0.1) is 0 Å². The van der Waals surface area contributed by atoms with E-state index in [0.29, 0.717) is 0 Å². The van der Waals surface area contributed by atoms with E-state index in [1.165, 1.54) is 0 Å². The number of carbonyl (C=O) groups is 2. The van der Waals surface area contributed by atoms with Crippen molar-refractivity contribution in [3.63, 3.8) is 0 Å². The Hall–Kier alpha value is -2.32. The summed E-state index contributed by atoms with van der Waals surface area (Å²) < 4.78 is 6.59. The van der Waals surface area contributed by atoms with E-state index in [4.69, 9.17) is 4.43 Å². The number of rotatable bonds is 8. The quantitative estimate of drug-likeness (QED) is 0.345. The van der Waals surface area contributed by atoms with Crippen molar-refractivity contribution < 1.29 is 14.0 Å². The Bertz CT molecular complexity index is 929. The van der Waals surface area contributed by atoms with Crippen molar-refractivity contribution in [2.45, 2.75) is 71.1 Å². The molecule has 6 nitrogen and oxygen atoms in total. The highest BCUT2D eigenvalue weighted by atomic mass is 28.4. The van der Waals surface area contributed by atoms with E-state index in [2.05, 4.69) is 81.6 Å². The molecular formula is C27H39N3O3Si. The number of hydrogen-bond acceptors (Lipinski definition) is 5. The maximum absolute atomic E-state index is 12.9. The summed E-state index contributed by atoms with van der Waals surface area (Å²) in [7, 11) is -2.87. The molecule has 0 aromatic heterocycles. The zero-order chi connectivity index (χ0) is 25.0. The molecule has 0 radical (unpaired) electrons. The van der Waals surface area contributed by atoms with Crippen LogP contribution in [0.2, 0.25) is 5.04 Å². The minimum atomic E-state index is -2.87. The molecule has 1 aliphatic rings. The number of hydrogen-bond donors (Lipinski definition) is 2. The molecule has 1 heterocycles. The fourth-order valence-corrected chi connectivity index (χ4v) is 9.44. The molecule has 1 aliphatic heterocycles. The minimum Gasteiger partial charge on any atom is -0.399 e. The van der Waals surface area contributed by atoms with E-state index in [1.54, 1.807) is 0 Å². The number of ketones is 1. The molecule has 0 saturated carbocycles. The zero-order valence-electron chi connectivity index (χ0n) is 21.4. The van der Waals surface area contributed by atoms with Crippen LogP contribution in [0.1, 0.15) is 54.4 Å². The van der Waals surface area contributed by atoms with Crippen LogP contribution in [0.25, 0.3) is 0 Å². The lowest BCUT2D eigenvalue weighted by atomic mass is 10.1. The van der Waals surface area contributed by atoms with Crippen molar-refractivity contribution in [1.29, 1.82) is 0 Å². The second kappa shape index (κ2) is 10.5. The highest BCUT2D eigenvalue weighted by Crippen LogP contribution is 2.36. The largest absolute Gasteiger partial charge is 0.399 e. The van der Waals surface area contributed by atoms with Crippen LogP contribution in [0.4, 0.5) is 0 Å². The third kappa shape index (κ3) is 5.66. The molecule has 3 rings (SSSR count). The summed E-state index contributed by atoms with van der Waals surface area (Å²) >= 11 is 0. The molecule has 2 aromatic carbocycles. The van der Waals surface area contributed by atoms with Crippen LogP contribution < -0.4 is 21.2 Å². The molecule has 2 aromatic rings. The molecule has 1 atom stereocenters. The summed E-state index contributed by atoms with van der Waals surface area (Å²) in [6.07, 6.45) is 1.98. The zero-order valence-corrected chi connectivity index (χ0v) is 22.4. The minimum absolute atomic E-state index is 0.00865. The SMILES string of the molecule is CC(C)(C)N1CCC[C@@H]1NNC(=O)C(=O)CO[Si](c1ccccc1)(c1ccccc1)C(C)(C)C. The number of carbonyl (C=O) groups excluding carboxylic acids is 2. The van der Waals surface area contributed by atoms with Crippen LogP contribution in [0.15, 0.2) is 60.7 Å². The number of amides is 1. The van der Waals surface area contributed by atoms with Gasteiger partial charge in [-0.05, 0) is 49.0 Å². The summed E-state index contributed by atoms with van der Waals surface area (Å²) in [6.45, 7) is 13.6. The molecule has 0 unspecified atom stereocenters. The molecule has 0 aliphatic carbocycles. The molecule has 34 heavy (non-hydrogen) atoms. The van der Waals surface area contributed by atoms with Crippen LogP contribution >= 0.6 is 0 Å². The Morgan fingerprint density at radius 2 is 1.47 bits per heavy atom. The fraction of sp³-hybridized carbons (Fsp3) is 0.481. The van der Waals surface area contributed by atoms with Gasteiger partial charge in [0.25, 0.3) is 8.32 Å². The van der Waals surface area contributed by atoms with Gasteiger partial charge >= 0.3 is 5.91 Å². The van der Waals surface area contributed by atoms with Gasteiger partial charge in [0.05, 0.1) is 6.17 Å². The molecule has 184 valence electrons. The van der Waals surface area contributed by atoms with Crippen molar-refractivity contribution in [2.24, 2.45) is 0 Å². The van der Waals surface area contributed by atoms with Crippen molar-refractivity contribution in [3.05, 3.63) is 60.7 Å². The highest BCUT2D eigenvalue weighted by molar-refractivity contribution is 6.99. The van der Waals surface area contributed by atoms with E-state index in [9.17, 15) is 9.59 Å². The molecular weight excluding hydrogens is 442 g/mol. The van der Waals surface area contributed by atoms with E-state index < -0.39 is 20.0 Å². The Kier molecular flexibility index (Phi) is 8.13. The van der Waals surface area contributed by atoms with Crippen molar-refractivity contribution in [3.8, 4) is 0 Å². The second-order valence-corrected chi connectivity index (χ2v) is 15.3. The van der Waals surface area contributed by atoms with Gasteiger partial charge < -0.3 is 4.43 Å². The van der Waals surface area contributed by atoms with E-state index in [1.807, 2.05) is 36.4 Å². The first kappa shape index (κ1) is 26.3. The first-order valence-electron chi connectivity index (χ1n) is 12.1. The molecule has 1 fully saturated rings. The maximum atomic E-state index is 12.9. The number of benzene rings is 2. The number of nitrogens with zero attached hydrogens (tertiary/aromatic N) is 1. The van der Waals surface area contributed by atoms with Crippen LogP contribution in [-0.2, 0) is 14.0 Å². The average molecular weight is 482 g/mol. The number of Topliss-reactive ketones (excluding diaryl/α,β-unsaturated/α-hetero) is 1. The van der Waals surface area contributed by atoms with Crippen LogP contribution in [-0.4, -0.2) is 49.8 Å². The summed E-state index contributed by atoms with van der Waals surface area (Å²) in [4.78, 5) is 27.9. The Morgan fingerprint density at radius 1 is 0.941 bits per heavy atom. The van der Waals surface area contributed by atoms with Gasteiger partial charge in [-0.25, -0.2) is 5.43 Å². The lowest BCUT2D eigenvalue weighted by molar-refractivity contribution is -0.140. The smallest absolute Gasteiger partial charge is 0.303 e. The van der Waals surface area contributed by atoms with Crippen molar-refractivity contribution >= 4 is 30.4 Å². The second-order valence-electron chi connectivity index (χ2n) is 11.0. The van der Waals surface area contributed by atoms with E-state index in [0.717, 1.165) is 29.8 Å². The van der Waals surface area contributed by atoms with Gasteiger partial charge in [0, 0.05) is 12.1 Å². The van der Waals surface area contributed by atoms with Gasteiger partial charge in [-0.2, -0.15) is 0 Å². The number of nitrogens with one attached hydrogen (secondary N) is 2. The molecule has 1 saturated heterocycles. The molecule has 2 N–H and O–H groups in total. The van der Waals surface area contributed by atoms with Gasteiger partial charge in [-0.3, -0.25) is 19.9 Å². The molecule has 1 amide bonds. The van der Waals surface area contributed by atoms with Crippen LogP contribution in [0.3, 0.4) is 0 Å². The van der Waals surface area contributed by atoms with Gasteiger partial charge in [0.1, 0.15) is 6.61 Å². The third-order valence-corrected chi connectivity index (χ3v) is 11.5. The predicted molar refractivity (Wildman–Crippen MR) is 139 cm³/mol. The van der Waals surface area contributed by atoms with Gasteiger partial charge in [0.15, 0.2) is 0 Å². The lowest BCUT2D eigenvalue weighted by Gasteiger charge is -2.42. The molecule has 0 spiro atoms. The van der Waals surface area contributed by atoms with Gasteiger partial charge in [0.2, 0.25) is 5.78 Å². The lowest BCUT2D eigenvalue weighted by Crippen LogP contribution is -2.67. The van der Waals surface area contributed by atoms with E-state index in [-0.39, 0.29) is 23.3 Å².